The first-order chi connectivity index (χ1) is 10.6. The van der Waals surface area contributed by atoms with Crippen LogP contribution in [0, 0.1) is 5.41 Å². The molecule has 1 N–H and O–H groups in total. The maximum Gasteiger partial charge on any atom is 0.238 e. The quantitative estimate of drug-likeness (QED) is 0.798. The van der Waals surface area contributed by atoms with E-state index in [1.54, 1.807) is 7.05 Å². The molecule has 0 aromatic heterocycles. The molecule has 2 aliphatic heterocycles. The molecule has 2 heterocycles. The third-order valence-corrected chi connectivity index (χ3v) is 6.10. The van der Waals surface area contributed by atoms with E-state index in [0.29, 0.717) is 12.1 Å². The van der Waals surface area contributed by atoms with Gasteiger partial charge in [0.25, 0.3) is 0 Å². The third-order valence-electron chi connectivity index (χ3n) is 6.10. The zero-order chi connectivity index (χ0) is 15.7. The Balaban J connectivity index is 1.78. The summed E-state index contributed by atoms with van der Waals surface area (Å²) < 4.78 is 0. The summed E-state index contributed by atoms with van der Waals surface area (Å²) in [6.45, 7) is 5.25. The summed E-state index contributed by atoms with van der Waals surface area (Å²) in [5, 5.41) is 2.72. The molecule has 0 radical (unpaired) electrons. The van der Waals surface area contributed by atoms with Crippen molar-refractivity contribution in [2.45, 2.75) is 64.0 Å². The van der Waals surface area contributed by atoms with Crippen LogP contribution in [0.15, 0.2) is 0 Å². The Bertz CT molecular complexity index is 447. The van der Waals surface area contributed by atoms with Crippen molar-refractivity contribution in [1.29, 1.82) is 0 Å². The van der Waals surface area contributed by atoms with Gasteiger partial charge in [-0.2, -0.15) is 0 Å². The summed E-state index contributed by atoms with van der Waals surface area (Å²) in [5.41, 5.74) is -0.757. The lowest BCUT2D eigenvalue weighted by molar-refractivity contribution is -0.158. The normalized spacial score (nSPS) is 31.1. The highest BCUT2D eigenvalue weighted by Crippen LogP contribution is 2.44. The SMILES string of the molecule is CCN1CCC[C@H]1[C@@H]1CCCN1C(=O)C1(C(=O)NC)CCC1. The lowest BCUT2D eigenvalue weighted by Gasteiger charge is -2.44. The Kier molecular flexibility index (Phi) is 4.44. The summed E-state index contributed by atoms with van der Waals surface area (Å²) >= 11 is 0. The van der Waals surface area contributed by atoms with Crippen molar-refractivity contribution in [2.75, 3.05) is 26.7 Å². The molecule has 124 valence electrons. The van der Waals surface area contributed by atoms with Crippen molar-refractivity contribution in [3.05, 3.63) is 0 Å². The van der Waals surface area contributed by atoms with Crippen molar-refractivity contribution in [3.63, 3.8) is 0 Å². The number of nitrogens with zero attached hydrogens (tertiary/aromatic N) is 2. The highest BCUT2D eigenvalue weighted by molar-refractivity contribution is 6.06. The molecule has 3 aliphatic rings. The predicted octanol–water partition coefficient (Wildman–Crippen LogP) is 1.38. The Labute approximate surface area is 133 Å². The van der Waals surface area contributed by atoms with Crippen LogP contribution in [0.3, 0.4) is 0 Å². The molecule has 3 rings (SSSR count). The van der Waals surface area contributed by atoms with Crippen molar-refractivity contribution < 1.29 is 9.59 Å². The van der Waals surface area contributed by atoms with E-state index in [9.17, 15) is 9.59 Å². The van der Waals surface area contributed by atoms with E-state index < -0.39 is 5.41 Å². The summed E-state index contributed by atoms with van der Waals surface area (Å²) in [4.78, 5) is 30.0. The minimum Gasteiger partial charge on any atom is -0.358 e. The van der Waals surface area contributed by atoms with Gasteiger partial charge in [0.15, 0.2) is 0 Å². The van der Waals surface area contributed by atoms with Gasteiger partial charge in [-0.1, -0.05) is 13.3 Å². The molecule has 22 heavy (non-hydrogen) atoms. The molecule has 0 aromatic rings. The number of nitrogens with one attached hydrogen (secondary N) is 1. The third kappa shape index (κ3) is 2.34. The van der Waals surface area contributed by atoms with Crippen LogP contribution in [0.25, 0.3) is 0 Å². The number of likely N-dealkylation sites (tertiary alicyclic amines) is 2. The Morgan fingerprint density at radius 1 is 1.09 bits per heavy atom. The molecular weight excluding hydrogens is 278 g/mol. The molecule has 2 saturated heterocycles. The van der Waals surface area contributed by atoms with E-state index in [-0.39, 0.29) is 11.8 Å². The van der Waals surface area contributed by atoms with Gasteiger partial charge in [0, 0.05) is 25.7 Å². The molecule has 5 nitrogen and oxygen atoms in total. The van der Waals surface area contributed by atoms with E-state index in [0.717, 1.165) is 51.7 Å². The predicted molar refractivity (Wildman–Crippen MR) is 85.4 cm³/mol. The minimum absolute atomic E-state index is 0.0758. The number of carbonyl (C=O) groups is 2. The fourth-order valence-corrected chi connectivity index (χ4v) is 4.71. The highest BCUT2D eigenvalue weighted by Gasteiger charge is 2.54. The van der Waals surface area contributed by atoms with Gasteiger partial charge in [-0.3, -0.25) is 14.5 Å². The molecule has 1 saturated carbocycles. The monoisotopic (exact) mass is 307 g/mol. The van der Waals surface area contributed by atoms with Crippen LogP contribution in [-0.4, -0.2) is 60.4 Å². The molecule has 5 heteroatoms. The maximum absolute atomic E-state index is 13.2. The van der Waals surface area contributed by atoms with Crippen molar-refractivity contribution in [1.82, 2.24) is 15.1 Å². The molecule has 1 aliphatic carbocycles. The molecule has 0 unspecified atom stereocenters. The zero-order valence-corrected chi connectivity index (χ0v) is 13.9. The van der Waals surface area contributed by atoms with Crippen LogP contribution in [-0.2, 0) is 9.59 Å². The second kappa shape index (κ2) is 6.19. The zero-order valence-electron chi connectivity index (χ0n) is 13.9. The second-order valence-electron chi connectivity index (χ2n) is 7.06. The largest absolute Gasteiger partial charge is 0.358 e. The lowest BCUT2D eigenvalue weighted by Crippen LogP contribution is -2.59. The standard InChI is InChI=1S/C17H29N3O2/c1-3-19-11-4-7-13(19)14-8-5-12-20(14)16(22)17(9-6-10-17)15(21)18-2/h13-14H,3-12H2,1-2H3,(H,18,21)/t13-,14-/m0/s1. The van der Waals surface area contributed by atoms with E-state index in [1.165, 1.54) is 12.8 Å². The van der Waals surface area contributed by atoms with E-state index in [1.807, 2.05) is 0 Å². The van der Waals surface area contributed by atoms with Crippen LogP contribution in [0.5, 0.6) is 0 Å². The first kappa shape index (κ1) is 15.8. The number of hydrogen-bond acceptors (Lipinski definition) is 3. The van der Waals surface area contributed by atoms with Crippen molar-refractivity contribution in [2.24, 2.45) is 5.41 Å². The number of carbonyl (C=O) groups excluding carboxylic acids is 2. The number of amides is 2. The average molecular weight is 307 g/mol. The topological polar surface area (TPSA) is 52.7 Å². The van der Waals surface area contributed by atoms with E-state index >= 15 is 0 Å². The van der Waals surface area contributed by atoms with Gasteiger partial charge in [0.2, 0.25) is 11.8 Å². The molecular formula is C17H29N3O2. The van der Waals surface area contributed by atoms with Crippen molar-refractivity contribution >= 4 is 11.8 Å². The van der Waals surface area contributed by atoms with Crippen LogP contribution < -0.4 is 5.32 Å². The van der Waals surface area contributed by atoms with Gasteiger partial charge in [0.1, 0.15) is 5.41 Å². The van der Waals surface area contributed by atoms with Gasteiger partial charge in [-0.25, -0.2) is 0 Å². The molecule has 3 fully saturated rings. The van der Waals surface area contributed by atoms with E-state index in [2.05, 4.69) is 22.0 Å². The fraction of sp³-hybridized carbons (Fsp3) is 0.882. The number of hydrogen-bond donors (Lipinski definition) is 1. The Hall–Kier alpha value is -1.10. The highest BCUT2D eigenvalue weighted by atomic mass is 16.2. The lowest BCUT2D eigenvalue weighted by atomic mass is 9.67. The fourth-order valence-electron chi connectivity index (χ4n) is 4.71. The van der Waals surface area contributed by atoms with Gasteiger partial charge in [0.05, 0.1) is 0 Å². The molecule has 0 aromatic carbocycles. The minimum atomic E-state index is -0.757. The maximum atomic E-state index is 13.2. The molecule has 0 spiro atoms. The summed E-state index contributed by atoms with van der Waals surface area (Å²) in [7, 11) is 1.65. The van der Waals surface area contributed by atoms with Gasteiger partial charge in [-0.05, 0) is 51.6 Å². The summed E-state index contributed by atoms with van der Waals surface area (Å²) in [6.07, 6.45) is 7.02. The molecule has 2 amide bonds. The number of likely N-dealkylation sites (N-methyl/N-ethyl adjacent to an activating group) is 1. The van der Waals surface area contributed by atoms with Crippen LogP contribution >= 0.6 is 0 Å². The molecule has 0 bridgehead atoms. The van der Waals surface area contributed by atoms with Crippen LogP contribution in [0.4, 0.5) is 0 Å². The Morgan fingerprint density at radius 2 is 1.77 bits per heavy atom. The van der Waals surface area contributed by atoms with E-state index in [4.69, 9.17) is 0 Å². The average Bonchev–Trinajstić information content (AvgIpc) is 3.13. The second-order valence-corrected chi connectivity index (χ2v) is 7.06. The van der Waals surface area contributed by atoms with Crippen LogP contribution in [0.2, 0.25) is 0 Å². The summed E-state index contributed by atoms with van der Waals surface area (Å²) in [5.74, 6) is 0.0247. The van der Waals surface area contributed by atoms with Crippen LogP contribution in [0.1, 0.15) is 51.9 Å². The first-order valence-electron chi connectivity index (χ1n) is 8.91. The Morgan fingerprint density at radius 3 is 2.36 bits per heavy atom. The summed E-state index contributed by atoms with van der Waals surface area (Å²) in [6, 6.07) is 0.815. The van der Waals surface area contributed by atoms with Gasteiger partial charge < -0.3 is 10.2 Å². The smallest absolute Gasteiger partial charge is 0.238 e. The van der Waals surface area contributed by atoms with Gasteiger partial charge >= 0.3 is 0 Å². The molecule has 2 atom stereocenters. The van der Waals surface area contributed by atoms with Crippen molar-refractivity contribution in [3.8, 4) is 0 Å². The number of rotatable bonds is 4. The van der Waals surface area contributed by atoms with Gasteiger partial charge in [-0.15, -0.1) is 0 Å². The first-order valence-corrected chi connectivity index (χ1v) is 8.91.